The third kappa shape index (κ3) is 202. The summed E-state index contributed by atoms with van der Waals surface area (Å²) in [5.41, 5.74) is -1.36. The molecule has 2 nitrogen and oxygen atoms in total. The molecule has 0 aliphatic rings. The van der Waals surface area contributed by atoms with Crippen molar-refractivity contribution in [1.29, 1.82) is 0 Å². The molecule has 0 aliphatic heterocycles. The van der Waals surface area contributed by atoms with Gasteiger partial charge in [0.1, 0.15) is 0 Å². The molecule has 0 fully saturated rings. The van der Waals surface area contributed by atoms with Crippen molar-refractivity contribution in [2.75, 3.05) is 0 Å². The van der Waals surface area contributed by atoms with Crippen molar-refractivity contribution in [3.8, 4) is 0 Å². The van der Waals surface area contributed by atoms with Crippen LogP contribution in [-0.4, -0.2) is 10.5 Å². The van der Waals surface area contributed by atoms with Gasteiger partial charge in [-0.05, 0) is 0 Å². The van der Waals surface area contributed by atoms with Crippen LogP contribution in [0, 0.1) is 0 Å². The van der Waals surface area contributed by atoms with E-state index in [1.54, 1.807) is 0 Å². The van der Waals surface area contributed by atoms with E-state index in [9.17, 15) is 0 Å². The monoisotopic (exact) mass is 96.0 g/mol. The Kier molecular flexibility index (Phi) is 6.64. The Bertz CT molecular complexity index is 30.6. The van der Waals surface area contributed by atoms with Crippen LogP contribution < -0.4 is 0 Å². The fourth-order valence-corrected chi connectivity index (χ4v) is 0. The van der Waals surface area contributed by atoms with Crippen molar-refractivity contribution in [3.63, 3.8) is 0 Å². The lowest BCUT2D eigenvalue weighted by Crippen LogP contribution is -1.66. The molecule has 0 aliphatic carbocycles. The number of halogens is 1. The molecule has 0 saturated carbocycles. The Morgan fingerprint density at radius 2 is 1.80 bits per heavy atom. The first-order valence-electron chi connectivity index (χ1n) is 0.617. The zero-order valence-corrected chi connectivity index (χ0v) is 2.49. The lowest BCUT2D eigenvalue weighted by molar-refractivity contribution is 0.220. The molecule has 3 heteroatoms. The summed E-state index contributed by atoms with van der Waals surface area (Å²) in [6.07, 6.45) is 0. The van der Waals surface area contributed by atoms with E-state index < -0.39 is 5.43 Å². The maximum atomic E-state index is 8.77. The summed E-state index contributed by atoms with van der Waals surface area (Å²) < 4.78 is 0. The van der Waals surface area contributed by atoms with E-state index in [4.69, 9.17) is 9.90 Å². The Labute approximate surface area is 35.4 Å². The molecule has 0 saturated heterocycles. The quantitative estimate of drug-likeness (QED) is 0.465. The van der Waals surface area contributed by atoms with Crippen LogP contribution in [0.4, 0.5) is 4.79 Å². The highest BCUT2D eigenvalue weighted by atomic mass is 35.5. The molecule has 1 N–H and O–H groups in total. The number of carbonyl (C=O) groups is 1. The number of carboxylic acid groups (broad SMARTS) is 1. The minimum Gasteiger partial charge on any atom is -0.469 e. The molecule has 0 radical (unpaired) electrons. The fraction of sp³-hybridized carbons (Fsp3) is 0.500. The van der Waals surface area contributed by atoms with Gasteiger partial charge < -0.3 is 5.11 Å². The van der Waals surface area contributed by atoms with E-state index in [0.717, 1.165) is 0 Å². The summed E-state index contributed by atoms with van der Waals surface area (Å²) in [5.74, 6) is 0. The maximum absolute atomic E-state index is 8.77. The van der Waals surface area contributed by atoms with Crippen LogP contribution in [0.25, 0.3) is 0 Å². The van der Waals surface area contributed by atoms with Gasteiger partial charge >= 0.3 is 5.43 Å². The molecular formula is C2H5ClO2. The van der Waals surface area contributed by atoms with E-state index in [2.05, 4.69) is 11.6 Å². The summed E-state index contributed by atoms with van der Waals surface area (Å²) in [6, 6.07) is 0. The average molecular weight is 96.5 g/mol. The molecule has 0 unspecified atom stereocenters. The van der Waals surface area contributed by atoms with Crippen LogP contribution in [-0.2, 0) is 0 Å². The Hall–Kier alpha value is -0.240. The topological polar surface area (TPSA) is 37.3 Å². The second kappa shape index (κ2) is 3.76. The van der Waals surface area contributed by atoms with Crippen LogP contribution in [0.1, 0.15) is 7.43 Å². The van der Waals surface area contributed by atoms with Crippen LogP contribution >= 0.6 is 11.6 Å². The van der Waals surface area contributed by atoms with Gasteiger partial charge in [-0.3, -0.25) is 0 Å². The van der Waals surface area contributed by atoms with Gasteiger partial charge in [0.25, 0.3) is 0 Å². The molecule has 0 amide bonds. The molecular weight excluding hydrogens is 91.5 g/mol. The van der Waals surface area contributed by atoms with E-state index in [-0.39, 0.29) is 7.43 Å². The summed E-state index contributed by atoms with van der Waals surface area (Å²) in [5, 5.41) is 7.18. The van der Waals surface area contributed by atoms with Gasteiger partial charge in [0, 0.05) is 11.6 Å². The Morgan fingerprint density at radius 3 is 1.80 bits per heavy atom. The van der Waals surface area contributed by atoms with Crippen molar-refractivity contribution in [2.24, 2.45) is 0 Å². The highest BCUT2D eigenvalue weighted by Gasteiger charge is 1.71. The van der Waals surface area contributed by atoms with Gasteiger partial charge in [-0.15, -0.1) is 0 Å². The summed E-state index contributed by atoms with van der Waals surface area (Å²) in [4.78, 5) is 8.77. The molecule has 0 spiro atoms. The smallest absolute Gasteiger partial charge is 0.401 e. The van der Waals surface area contributed by atoms with E-state index in [1.165, 1.54) is 0 Å². The Balaban J connectivity index is 0. The molecule has 0 aromatic heterocycles. The van der Waals surface area contributed by atoms with Gasteiger partial charge in [0.15, 0.2) is 0 Å². The molecule has 32 valence electrons. The van der Waals surface area contributed by atoms with Crippen LogP contribution in [0.5, 0.6) is 0 Å². The molecule has 0 aromatic rings. The molecule has 0 atom stereocenters. The maximum Gasteiger partial charge on any atom is 0.401 e. The fourth-order valence-electron chi connectivity index (χ4n) is 0. The van der Waals surface area contributed by atoms with Crippen LogP contribution in [0.15, 0.2) is 0 Å². The van der Waals surface area contributed by atoms with Crippen molar-refractivity contribution < 1.29 is 9.90 Å². The summed E-state index contributed by atoms with van der Waals surface area (Å²) >= 11 is 4.19. The van der Waals surface area contributed by atoms with Gasteiger partial charge in [0.2, 0.25) is 0 Å². The third-order valence-corrected chi connectivity index (χ3v) is 0. The van der Waals surface area contributed by atoms with Crippen molar-refractivity contribution in [1.82, 2.24) is 0 Å². The standard InChI is InChI=1S/CHClO2.CH4/c2-1(3)4;/h(H,3,4);1H4. The highest BCUT2D eigenvalue weighted by Crippen LogP contribution is 1.67. The summed E-state index contributed by atoms with van der Waals surface area (Å²) in [7, 11) is 0. The van der Waals surface area contributed by atoms with Crippen LogP contribution in [0.2, 0.25) is 0 Å². The lowest BCUT2D eigenvalue weighted by atomic mass is 11.6. The average Bonchev–Trinajstić information content (AvgIpc) is 0.811. The molecule has 0 aromatic carbocycles. The molecule has 0 heterocycles. The third-order valence-electron chi connectivity index (χ3n) is 0. The SMILES string of the molecule is C.O=C(O)Cl. The van der Waals surface area contributed by atoms with Crippen LogP contribution in [0.3, 0.4) is 0 Å². The predicted octanol–water partition coefficient (Wildman–Crippen LogP) is 1.54. The number of rotatable bonds is 0. The highest BCUT2D eigenvalue weighted by molar-refractivity contribution is 6.60. The normalized spacial score (nSPS) is 5.00. The molecule has 0 bridgehead atoms. The van der Waals surface area contributed by atoms with E-state index in [0.29, 0.717) is 0 Å². The first-order chi connectivity index (χ1) is 1.73. The second-order valence-corrected chi connectivity index (χ2v) is 0.576. The lowest BCUT2D eigenvalue weighted by Gasteiger charge is -1.55. The van der Waals surface area contributed by atoms with Crippen molar-refractivity contribution in [3.05, 3.63) is 0 Å². The first-order valence-corrected chi connectivity index (χ1v) is 0.995. The van der Waals surface area contributed by atoms with Crippen molar-refractivity contribution >= 4 is 17.0 Å². The molecule has 0 rings (SSSR count). The predicted molar refractivity (Wildman–Crippen MR) is 20.6 cm³/mol. The minimum absolute atomic E-state index is 0. The number of hydrogen-bond acceptors (Lipinski definition) is 1. The summed E-state index contributed by atoms with van der Waals surface area (Å²) in [6.45, 7) is 0. The van der Waals surface area contributed by atoms with Gasteiger partial charge in [0.05, 0.1) is 0 Å². The largest absolute Gasteiger partial charge is 0.469 e. The van der Waals surface area contributed by atoms with Gasteiger partial charge in [-0.2, -0.15) is 0 Å². The first kappa shape index (κ1) is 8.83. The Morgan fingerprint density at radius 1 is 1.80 bits per heavy atom. The number of hydrogen-bond donors (Lipinski definition) is 1. The zero-order chi connectivity index (χ0) is 3.58. The minimum atomic E-state index is -1.36. The second-order valence-electron chi connectivity index (χ2n) is 0.253. The van der Waals surface area contributed by atoms with Gasteiger partial charge in [-0.1, -0.05) is 7.43 Å². The van der Waals surface area contributed by atoms with Crippen molar-refractivity contribution in [2.45, 2.75) is 7.43 Å². The van der Waals surface area contributed by atoms with E-state index in [1.807, 2.05) is 0 Å². The van der Waals surface area contributed by atoms with Gasteiger partial charge in [-0.25, -0.2) is 4.79 Å². The van der Waals surface area contributed by atoms with E-state index >= 15 is 0 Å². The molecule has 5 heavy (non-hydrogen) atoms. The zero-order valence-electron chi connectivity index (χ0n) is 1.73.